The molecule has 0 aliphatic carbocycles. The number of hydrogen-bond donors (Lipinski definition) is 1. The quantitative estimate of drug-likeness (QED) is 0.791. The van der Waals surface area contributed by atoms with E-state index in [2.05, 4.69) is 20.3 Å². The third kappa shape index (κ3) is 4.46. The molecule has 0 spiro atoms. The smallest absolute Gasteiger partial charge is 0.271 e. The molecule has 2 aromatic heterocycles. The lowest BCUT2D eigenvalue weighted by Gasteiger charge is -2.07. The highest BCUT2D eigenvalue weighted by Crippen LogP contribution is 2.15. The number of pyridine rings is 1. The maximum atomic E-state index is 12.2. The van der Waals surface area contributed by atoms with Crippen LogP contribution in [0.25, 0.3) is 0 Å². The fourth-order valence-electron chi connectivity index (χ4n) is 1.79. The van der Waals surface area contributed by atoms with Crippen molar-refractivity contribution in [3.63, 3.8) is 0 Å². The maximum Gasteiger partial charge on any atom is 0.271 e. The number of nitrogens with one attached hydrogen (secondary N) is 1. The van der Waals surface area contributed by atoms with E-state index < -0.39 is 20.9 Å². The van der Waals surface area contributed by atoms with Crippen molar-refractivity contribution in [1.29, 1.82) is 0 Å². The van der Waals surface area contributed by atoms with Crippen molar-refractivity contribution in [2.75, 3.05) is 5.75 Å². The molecule has 0 aromatic carbocycles. The normalized spacial score (nSPS) is 11.2. The Bertz CT molecular complexity index is 797. The van der Waals surface area contributed by atoms with Gasteiger partial charge in [0.05, 0.1) is 17.0 Å². The molecular weight excluding hydrogens is 340 g/mol. The lowest BCUT2D eigenvalue weighted by atomic mass is 10.2. The summed E-state index contributed by atoms with van der Waals surface area (Å²) >= 11 is 5.91. The maximum absolute atomic E-state index is 12.2. The van der Waals surface area contributed by atoms with Gasteiger partial charge in [0, 0.05) is 18.9 Å². The standard InChI is InChI=1S/C14H15ClN4O3S/c1-2-7-23(21,22)14-18-9-11(15)12(19-14)13(20)17-8-10-3-5-16-6-4-10/h3-6,9H,2,7-8H2,1H3,(H,17,20). The van der Waals surface area contributed by atoms with Crippen LogP contribution in [0.15, 0.2) is 35.9 Å². The molecule has 7 nitrogen and oxygen atoms in total. The van der Waals surface area contributed by atoms with E-state index in [4.69, 9.17) is 11.6 Å². The van der Waals surface area contributed by atoms with Gasteiger partial charge in [0.1, 0.15) is 0 Å². The Morgan fingerprint density at radius 2 is 2.00 bits per heavy atom. The third-order valence-electron chi connectivity index (χ3n) is 2.89. The van der Waals surface area contributed by atoms with Crippen molar-refractivity contribution in [2.45, 2.75) is 25.0 Å². The van der Waals surface area contributed by atoms with Crippen LogP contribution < -0.4 is 5.32 Å². The van der Waals surface area contributed by atoms with Crippen LogP contribution in [0.4, 0.5) is 0 Å². The summed E-state index contributed by atoms with van der Waals surface area (Å²) in [5.41, 5.74) is 0.683. The molecule has 0 aliphatic rings. The molecular formula is C14H15ClN4O3S. The first-order chi connectivity index (χ1) is 10.9. The zero-order chi connectivity index (χ0) is 16.9. The van der Waals surface area contributed by atoms with E-state index in [0.717, 1.165) is 11.8 Å². The average molecular weight is 355 g/mol. The van der Waals surface area contributed by atoms with Crippen LogP contribution >= 0.6 is 11.6 Å². The summed E-state index contributed by atoms with van der Waals surface area (Å²) in [5.74, 6) is -0.658. The molecule has 0 fully saturated rings. The molecule has 2 heterocycles. The number of sulfone groups is 1. The van der Waals surface area contributed by atoms with Crippen molar-refractivity contribution >= 4 is 27.3 Å². The Balaban J connectivity index is 2.20. The van der Waals surface area contributed by atoms with E-state index in [-0.39, 0.29) is 23.0 Å². The van der Waals surface area contributed by atoms with E-state index in [1.54, 1.807) is 31.5 Å². The Kier molecular flexibility index (Phi) is 5.62. The Morgan fingerprint density at radius 3 is 2.65 bits per heavy atom. The topological polar surface area (TPSA) is 102 Å². The van der Waals surface area contributed by atoms with Gasteiger partial charge >= 0.3 is 0 Å². The number of rotatable bonds is 6. The molecule has 122 valence electrons. The first-order valence-electron chi connectivity index (χ1n) is 6.86. The predicted molar refractivity (Wildman–Crippen MR) is 84.8 cm³/mol. The van der Waals surface area contributed by atoms with E-state index in [1.165, 1.54) is 0 Å². The molecule has 1 amide bonds. The molecule has 9 heteroatoms. The lowest BCUT2D eigenvalue weighted by molar-refractivity contribution is 0.0945. The van der Waals surface area contributed by atoms with Crippen LogP contribution in [-0.4, -0.2) is 35.0 Å². The number of aromatic nitrogens is 3. The van der Waals surface area contributed by atoms with Crippen molar-refractivity contribution in [3.05, 3.63) is 47.0 Å². The van der Waals surface area contributed by atoms with E-state index in [0.29, 0.717) is 6.42 Å². The molecule has 0 radical (unpaired) electrons. The van der Waals surface area contributed by atoms with Crippen LogP contribution in [0.3, 0.4) is 0 Å². The van der Waals surface area contributed by atoms with Gasteiger partial charge in [-0.2, -0.15) is 0 Å². The molecule has 0 bridgehead atoms. The van der Waals surface area contributed by atoms with Crippen LogP contribution in [-0.2, 0) is 16.4 Å². The summed E-state index contributed by atoms with van der Waals surface area (Å²) in [7, 11) is -3.62. The highest BCUT2D eigenvalue weighted by Gasteiger charge is 2.21. The number of amides is 1. The highest BCUT2D eigenvalue weighted by molar-refractivity contribution is 7.91. The predicted octanol–water partition coefficient (Wildman–Crippen LogP) is 1.64. The summed E-state index contributed by atoms with van der Waals surface area (Å²) in [6.07, 6.45) is 4.76. The first kappa shape index (κ1) is 17.3. The minimum atomic E-state index is -3.62. The number of halogens is 1. The van der Waals surface area contributed by atoms with Crippen LogP contribution in [0.1, 0.15) is 29.4 Å². The molecule has 1 N–H and O–H groups in total. The van der Waals surface area contributed by atoms with Crippen molar-refractivity contribution < 1.29 is 13.2 Å². The zero-order valence-electron chi connectivity index (χ0n) is 12.4. The fraction of sp³-hybridized carbons (Fsp3) is 0.286. The largest absolute Gasteiger partial charge is 0.347 e. The minimum Gasteiger partial charge on any atom is -0.347 e. The van der Waals surface area contributed by atoms with E-state index in [1.807, 2.05) is 0 Å². The Labute approximate surface area is 139 Å². The van der Waals surface area contributed by atoms with Gasteiger partial charge in [0.25, 0.3) is 5.91 Å². The molecule has 0 unspecified atom stereocenters. The van der Waals surface area contributed by atoms with Crippen LogP contribution in [0, 0.1) is 0 Å². The molecule has 0 saturated carbocycles. The molecule has 0 atom stereocenters. The molecule has 0 aliphatic heterocycles. The summed E-state index contributed by atoms with van der Waals surface area (Å²) in [6, 6.07) is 3.50. The van der Waals surface area contributed by atoms with Gasteiger partial charge in [-0.25, -0.2) is 18.4 Å². The first-order valence-corrected chi connectivity index (χ1v) is 8.89. The summed E-state index contributed by atoms with van der Waals surface area (Å²) in [6.45, 7) is 1.98. The van der Waals surface area contributed by atoms with E-state index >= 15 is 0 Å². The van der Waals surface area contributed by atoms with Crippen molar-refractivity contribution in [1.82, 2.24) is 20.3 Å². The second-order valence-corrected chi connectivity index (χ2v) is 7.12. The van der Waals surface area contributed by atoms with Gasteiger partial charge in [0.15, 0.2) is 5.69 Å². The number of hydrogen-bond acceptors (Lipinski definition) is 6. The van der Waals surface area contributed by atoms with Crippen molar-refractivity contribution in [2.24, 2.45) is 0 Å². The highest BCUT2D eigenvalue weighted by atomic mass is 35.5. The fourth-order valence-corrected chi connectivity index (χ4v) is 3.13. The van der Waals surface area contributed by atoms with Crippen LogP contribution in [0.5, 0.6) is 0 Å². The van der Waals surface area contributed by atoms with Gasteiger partial charge in [-0.1, -0.05) is 18.5 Å². The number of carbonyl (C=O) groups is 1. The van der Waals surface area contributed by atoms with E-state index in [9.17, 15) is 13.2 Å². The van der Waals surface area contributed by atoms with Crippen LogP contribution in [0.2, 0.25) is 5.02 Å². The molecule has 2 aromatic rings. The molecule has 0 saturated heterocycles. The SMILES string of the molecule is CCCS(=O)(=O)c1ncc(Cl)c(C(=O)NCc2ccncc2)n1. The van der Waals surface area contributed by atoms with Gasteiger partial charge in [-0.15, -0.1) is 0 Å². The van der Waals surface area contributed by atoms with Gasteiger partial charge in [-0.05, 0) is 24.1 Å². The van der Waals surface area contributed by atoms with Gasteiger partial charge < -0.3 is 5.32 Å². The Morgan fingerprint density at radius 1 is 1.30 bits per heavy atom. The molecule has 2 rings (SSSR count). The summed E-state index contributed by atoms with van der Waals surface area (Å²) < 4.78 is 24.0. The summed E-state index contributed by atoms with van der Waals surface area (Å²) in [5, 5.41) is 2.23. The number of nitrogens with zero attached hydrogens (tertiary/aromatic N) is 3. The third-order valence-corrected chi connectivity index (χ3v) is 4.87. The van der Waals surface area contributed by atoms with Crippen molar-refractivity contribution in [3.8, 4) is 0 Å². The zero-order valence-corrected chi connectivity index (χ0v) is 13.9. The minimum absolute atomic E-state index is 0.00678. The monoisotopic (exact) mass is 354 g/mol. The summed E-state index contributed by atoms with van der Waals surface area (Å²) in [4.78, 5) is 23.6. The second-order valence-electron chi connectivity index (χ2n) is 4.71. The average Bonchev–Trinajstić information content (AvgIpc) is 2.53. The second kappa shape index (κ2) is 7.47. The Hall–Kier alpha value is -2.06. The van der Waals surface area contributed by atoms with Gasteiger partial charge in [0.2, 0.25) is 15.0 Å². The van der Waals surface area contributed by atoms with Gasteiger partial charge in [-0.3, -0.25) is 9.78 Å². The number of carbonyl (C=O) groups excluding carboxylic acids is 1. The molecule has 23 heavy (non-hydrogen) atoms. The lowest BCUT2D eigenvalue weighted by Crippen LogP contribution is -2.25.